The van der Waals surface area contributed by atoms with E-state index in [1.165, 1.54) is 0 Å². The van der Waals surface area contributed by atoms with Crippen LogP contribution in [0.25, 0.3) is 0 Å². The van der Waals surface area contributed by atoms with Gasteiger partial charge in [-0.2, -0.15) is 0 Å². The predicted octanol–water partition coefficient (Wildman–Crippen LogP) is 2.35. The maximum absolute atomic E-state index is 10.7. The molecule has 0 saturated carbocycles. The number of pyridine rings is 1. The van der Waals surface area contributed by atoms with E-state index in [-0.39, 0.29) is 0 Å². The van der Waals surface area contributed by atoms with Crippen LogP contribution in [0.1, 0.15) is 30.9 Å². The average Bonchev–Trinajstić information content (AvgIpc) is 2.33. The summed E-state index contributed by atoms with van der Waals surface area (Å²) in [4.78, 5) is 6.48. The van der Waals surface area contributed by atoms with Gasteiger partial charge in [0.25, 0.3) is 0 Å². The van der Waals surface area contributed by atoms with Crippen LogP contribution in [0.15, 0.2) is 12.3 Å². The van der Waals surface area contributed by atoms with Crippen LogP contribution in [-0.4, -0.2) is 34.6 Å². The summed E-state index contributed by atoms with van der Waals surface area (Å²) < 4.78 is 0. The SMILES string of the molecule is CCN1CCC(O)(c2cnc(Cl)c(C)c2)CC1. The smallest absolute Gasteiger partial charge is 0.131 e. The van der Waals surface area contributed by atoms with E-state index in [2.05, 4.69) is 16.8 Å². The van der Waals surface area contributed by atoms with Gasteiger partial charge in [-0.15, -0.1) is 0 Å². The minimum Gasteiger partial charge on any atom is -0.385 e. The number of halogens is 1. The highest BCUT2D eigenvalue weighted by Crippen LogP contribution is 2.33. The fourth-order valence-electron chi connectivity index (χ4n) is 2.34. The third-order valence-corrected chi connectivity index (χ3v) is 4.08. The minimum absolute atomic E-state index is 0.517. The second-order valence-electron chi connectivity index (χ2n) is 4.80. The first kappa shape index (κ1) is 12.8. The Hall–Kier alpha value is -0.640. The number of aliphatic hydroxyl groups is 1. The fourth-order valence-corrected chi connectivity index (χ4v) is 2.44. The molecule has 2 heterocycles. The molecule has 1 N–H and O–H groups in total. The molecule has 0 atom stereocenters. The van der Waals surface area contributed by atoms with Crippen LogP contribution in [-0.2, 0) is 5.60 Å². The number of aromatic nitrogens is 1. The van der Waals surface area contributed by atoms with Crippen molar-refractivity contribution in [3.63, 3.8) is 0 Å². The lowest BCUT2D eigenvalue weighted by molar-refractivity contribution is -0.0249. The van der Waals surface area contributed by atoms with Gasteiger partial charge in [0.05, 0.1) is 5.60 Å². The summed E-state index contributed by atoms with van der Waals surface area (Å²) in [5.41, 5.74) is 1.10. The van der Waals surface area contributed by atoms with Gasteiger partial charge >= 0.3 is 0 Å². The molecule has 1 saturated heterocycles. The molecular weight excluding hydrogens is 236 g/mol. The van der Waals surface area contributed by atoms with Crippen molar-refractivity contribution in [3.05, 3.63) is 28.5 Å². The van der Waals surface area contributed by atoms with Gasteiger partial charge in [0.15, 0.2) is 0 Å². The van der Waals surface area contributed by atoms with Crippen LogP contribution in [0.4, 0.5) is 0 Å². The Bertz CT molecular complexity index is 400. The highest BCUT2D eigenvalue weighted by molar-refractivity contribution is 6.30. The van der Waals surface area contributed by atoms with Gasteiger partial charge in [0, 0.05) is 24.8 Å². The zero-order chi connectivity index (χ0) is 12.5. The van der Waals surface area contributed by atoms with Gasteiger partial charge in [-0.1, -0.05) is 18.5 Å². The van der Waals surface area contributed by atoms with Gasteiger partial charge in [-0.3, -0.25) is 0 Å². The van der Waals surface area contributed by atoms with E-state index in [9.17, 15) is 5.11 Å². The maximum Gasteiger partial charge on any atom is 0.131 e. The first-order valence-corrected chi connectivity index (χ1v) is 6.50. The Kier molecular flexibility index (Phi) is 3.71. The predicted molar refractivity (Wildman–Crippen MR) is 69.2 cm³/mol. The molecule has 0 radical (unpaired) electrons. The normalized spacial score (nSPS) is 20.5. The number of piperidine rings is 1. The molecular formula is C13H19ClN2O. The molecule has 1 aliphatic heterocycles. The Labute approximate surface area is 107 Å². The van der Waals surface area contributed by atoms with Crippen LogP contribution in [0.5, 0.6) is 0 Å². The van der Waals surface area contributed by atoms with Crippen molar-refractivity contribution >= 4 is 11.6 Å². The monoisotopic (exact) mass is 254 g/mol. The van der Waals surface area contributed by atoms with Crippen molar-refractivity contribution in [1.82, 2.24) is 9.88 Å². The summed E-state index contributed by atoms with van der Waals surface area (Å²) in [6.07, 6.45) is 3.24. The minimum atomic E-state index is -0.728. The molecule has 0 unspecified atom stereocenters. The van der Waals surface area contributed by atoms with Crippen molar-refractivity contribution in [3.8, 4) is 0 Å². The van der Waals surface area contributed by atoms with Crippen LogP contribution < -0.4 is 0 Å². The van der Waals surface area contributed by atoms with Crippen molar-refractivity contribution in [2.45, 2.75) is 32.3 Å². The lowest BCUT2D eigenvalue weighted by Gasteiger charge is -2.38. The summed E-state index contributed by atoms with van der Waals surface area (Å²) in [5.74, 6) is 0. The van der Waals surface area contributed by atoms with E-state index in [1.807, 2.05) is 13.0 Å². The zero-order valence-corrected chi connectivity index (χ0v) is 11.2. The molecule has 94 valence electrons. The Morgan fingerprint density at radius 3 is 2.65 bits per heavy atom. The van der Waals surface area contributed by atoms with Crippen LogP contribution in [0.2, 0.25) is 5.15 Å². The average molecular weight is 255 g/mol. The fraction of sp³-hybridized carbons (Fsp3) is 0.615. The van der Waals surface area contributed by atoms with Crippen molar-refractivity contribution < 1.29 is 5.11 Å². The molecule has 2 rings (SSSR count). The molecule has 0 aromatic carbocycles. The lowest BCUT2D eigenvalue weighted by Crippen LogP contribution is -2.42. The van der Waals surface area contributed by atoms with Crippen LogP contribution in [0, 0.1) is 6.92 Å². The molecule has 3 nitrogen and oxygen atoms in total. The first-order valence-electron chi connectivity index (χ1n) is 6.12. The quantitative estimate of drug-likeness (QED) is 0.823. The molecule has 1 aromatic rings. The standard InChI is InChI=1S/C13H19ClN2O/c1-3-16-6-4-13(17,5-7-16)11-8-10(2)12(14)15-9-11/h8-9,17H,3-7H2,1-2H3. The molecule has 1 aliphatic rings. The van der Waals surface area contributed by atoms with Crippen LogP contribution in [0.3, 0.4) is 0 Å². The maximum atomic E-state index is 10.7. The summed E-state index contributed by atoms with van der Waals surface area (Å²) in [6, 6.07) is 1.96. The number of hydrogen-bond donors (Lipinski definition) is 1. The Balaban J connectivity index is 2.18. The van der Waals surface area contributed by atoms with Crippen molar-refractivity contribution in [2.75, 3.05) is 19.6 Å². The second kappa shape index (κ2) is 4.92. The molecule has 17 heavy (non-hydrogen) atoms. The number of likely N-dealkylation sites (tertiary alicyclic amines) is 1. The molecule has 4 heteroatoms. The number of rotatable bonds is 2. The largest absolute Gasteiger partial charge is 0.385 e. The van der Waals surface area contributed by atoms with Gasteiger partial charge in [0.1, 0.15) is 5.15 Å². The Morgan fingerprint density at radius 2 is 2.12 bits per heavy atom. The van der Waals surface area contributed by atoms with Gasteiger partial charge in [-0.05, 0) is 37.9 Å². The zero-order valence-electron chi connectivity index (χ0n) is 10.4. The number of aryl methyl sites for hydroxylation is 1. The second-order valence-corrected chi connectivity index (χ2v) is 5.16. The van der Waals surface area contributed by atoms with Gasteiger partial charge in [-0.25, -0.2) is 4.98 Å². The van der Waals surface area contributed by atoms with E-state index in [4.69, 9.17) is 11.6 Å². The summed E-state index contributed by atoms with van der Waals surface area (Å²) in [7, 11) is 0. The molecule has 0 aliphatic carbocycles. The van der Waals surface area contributed by atoms with Gasteiger partial charge < -0.3 is 10.0 Å². The summed E-state index contributed by atoms with van der Waals surface area (Å²) in [6.45, 7) is 7.00. The first-order chi connectivity index (χ1) is 8.05. The van der Waals surface area contributed by atoms with Crippen molar-refractivity contribution in [2.24, 2.45) is 0 Å². The third-order valence-electron chi connectivity index (χ3n) is 3.68. The molecule has 0 spiro atoms. The number of hydrogen-bond acceptors (Lipinski definition) is 3. The van der Waals surface area contributed by atoms with E-state index in [0.29, 0.717) is 5.15 Å². The van der Waals surface area contributed by atoms with Crippen LogP contribution >= 0.6 is 11.6 Å². The lowest BCUT2D eigenvalue weighted by atomic mass is 9.85. The Morgan fingerprint density at radius 1 is 1.47 bits per heavy atom. The van der Waals surface area contributed by atoms with E-state index >= 15 is 0 Å². The molecule has 0 amide bonds. The molecule has 1 aromatic heterocycles. The summed E-state index contributed by atoms with van der Waals surface area (Å²) >= 11 is 5.91. The summed E-state index contributed by atoms with van der Waals surface area (Å²) in [5, 5.41) is 11.2. The highest BCUT2D eigenvalue weighted by atomic mass is 35.5. The van der Waals surface area contributed by atoms with E-state index in [1.54, 1.807) is 6.20 Å². The number of nitrogens with zero attached hydrogens (tertiary/aromatic N) is 2. The van der Waals surface area contributed by atoms with E-state index < -0.39 is 5.60 Å². The van der Waals surface area contributed by atoms with Crippen molar-refractivity contribution in [1.29, 1.82) is 0 Å². The van der Waals surface area contributed by atoms with E-state index in [0.717, 1.165) is 43.6 Å². The molecule has 0 bridgehead atoms. The topological polar surface area (TPSA) is 36.4 Å². The third kappa shape index (κ3) is 2.62. The van der Waals surface area contributed by atoms with Gasteiger partial charge in [0.2, 0.25) is 0 Å². The highest BCUT2D eigenvalue weighted by Gasteiger charge is 2.33. The molecule has 1 fully saturated rings.